The molecule has 0 bridgehead atoms. The number of carbonyl (C=O) groups is 1. The van der Waals surface area contributed by atoms with Gasteiger partial charge >= 0.3 is 0 Å². The minimum absolute atomic E-state index is 0.0793. The van der Waals surface area contributed by atoms with Crippen LogP contribution in [0, 0.1) is 5.92 Å². The van der Waals surface area contributed by atoms with Crippen molar-refractivity contribution in [2.45, 2.75) is 44.3 Å². The van der Waals surface area contributed by atoms with Crippen LogP contribution >= 0.6 is 27.7 Å². The van der Waals surface area contributed by atoms with Crippen LogP contribution in [0.15, 0.2) is 63.0 Å². The van der Waals surface area contributed by atoms with Gasteiger partial charge in [0.25, 0.3) is 5.56 Å². The number of halogens is 1. The summed E-state index contributed by atoms with van der Waals surface area (Å²) in [6, 6.07) is 15.3. The van der Waals surface area contributed by atoms with E-state index in [2.05, 4.69) is 35.1 Å². The van der Waals surface area contributed by atoms with E-state index in [1.807, 2.05) is 49.4 Å². The van der Waals surface area contributed by atoms with Crippen molar-refractivity contribution < 1.29 is 4.79 Å². The molecular weight excluding hydrogens is 450 g/mol. The molecule has 0 aliphatic rings. The van der Waals surface area contributed by atoms with Crippen molar-refractivity contribution in [2.75, 3.05) is 0 Å². The Labute approximate surface area is 183 Å². The third kappa shape index (κ3) is 5.48. The van der Waals surface area contributed by atoms with E-state index in [4.69, 9.17) is 4.98 Å². The molecule has 152 valence electrons. The summed E-state index contributed by atoms with van der Waals surface area (Å²) in [5.74, 6) is 0.195. The number of amides is 1. The monoisotopic (exact) mass is 473 g/mol. The lowest BCUT2D eigenvalue weighted by Gasteiger charge is -2.17. The molecule has 7 heteroatoms. The van der Waals surface area contributed by atoms with E-state index in [9.17, 15) is 9.59 Å². The Balaban J connectivity index is 1.84. The fourth-order valence-electron chi connectivity index (χ4n) is 2.93. The highest BCUT2D eigenvalue weighted by molar-refractivity contribution is 9.10. The number of nitrogens with one attached hydrogen (secondary N) is 1. The van der Waals surface area contributed by atoms with Gasteiger partial charge in [0.1, 0.15) is 0 Å². The van der Waals surface area contributed by atoms with Crippen molar-refractivity contribution in [2.24, 2.45) is 5.92 Å². The molecule has 0 spiro atoms. The fraction of sp³-hybridized carbons (Fsp3) is 0.318. The molecule has 1 aromatic heterocycles. The van der Waals surface area contributed by atoms with Crippen molar-refractivity contribution in [1.82, 2.24) is 14.9 Å². The normalized spacial score (nSPS) is 12.3. The first-order valence-corrected chi connectivity index (χ1v) is 11.2. The van der Waals surface area contributed by atoms with E-state index in [1.165, 1.54) is 11.8 Å². The summed E-state index contributed by atoms with van der Waals surface area (Å²) in [4.78, 5) is 30.4. The molecular formula is C22H24BrN3O2S. The topological polar surface area (TPSA) is 64.0 Å². The van der Waals surface area contributed by atoms with Gasteiger partial charge < -0.3 is 5.32 Å². The average Bonchev–Trinajstić information content (AvgIpc) is 2.70. The van der Waals surface area contributed by atoms with Gasteiger partial charge in [-0.05, 0) is 36.6 Å². The van der Waals surface area contributed by atoms with Gasteiger partial charge in [-0.25, -0.2) is 4.98 Å². The zero-order chi connectivity index (χ0) is 21.0. The first-order chi connectivity index (χ1) is 13.8. The maximum Gasteiger partial charge on any atom is 0.262 e. The second-order valence-electron chi connectivity index (χ2n) is 7.33. The maximum atomic E-state index is 13.1. The zero-order valence-corrected chi connectivity index (χ0v) is 19.1. The van der Waals surface area contributed by atoms with Crippen molar-refractivity contribution in [3.8, 4) is 0 Å². The zero-order valence-electron chi connectivity index (χ0n) is 16.7. The Kier molecular flexibility index (Phi) is 7.14. The van der Waals surface area contributed by atoms with Crippen LogP contribution in [0.5, 0.6) is 0 Å². The van der Waals surface area contributed by atoms with E-state index < -0.39 is 0 Å². The van der Waals surface area contributed by atoms with Crippen molar-refractivity contribution in [3.05, 3.63) is 68.9 Å². The molecule has 0 radical (unpaired) electrons. The summed E-state index contributed by atoms with van der Waals surface area (Å²) < 4.78 is 2.53. The third-order valence-electron chi connectivity index (χ3n) is 4.39. The van der Waals surface area contributed by atoms with Crippen molar-refractivity contribution >= 4 is 44.5 Å². The smallest absolute Gasteiger partial charge is 0.262 e. The standard InChI is InChI=1S/C22H24BrN3O2S/c1-14(2)13-26-21(28)18-11-17(23)9-10-19(18)25-22(26)29-15(3)20(27)24-12-16-7-5-4-6-8-16/h4-11,14-15H,12-13H2,1-3H3,(H,24,27). The Morgan fingerprint density at radius 1 is 1.17 bits per heavy atom. The van der Waals surface area contributed by atoms with Crippen LogP contribution in [-0.2, 0) is 17.9 Å². The minimum atomic E-state index is -0.378. The number of hydrogen-bond donors (Lipinski definition) is 1. The number of nitrogens with zero attached hydrogens (tertiary/aromatic N) is 2. The molecule has 0 fully saturated rings. The highest BCUT2D eigenvalue weighted by atomic mass is 79.9. The van der Waals surface area contributed by atoms with Gasteiger partial charge in [-0.1, -0.05) is 71.9 Å². The Morgan fingerprint density at radius 2 is 1.90 bits per heavy atom. The van der Waals surface area contributed by atoms with E-state index >= 15 is 0 Å². The molecule has 1 unspecified atom stereocenters. The van der Waals surface area contributed by atoms with Gasteiger partial charge in [0.15, 0.2) is 5.16 Å². The fourth-order valence-corrected chi connectivity index (χ4v) is 4.23. The summed E-state index contributed by atoms with van der Waals surface area (Å²) in [5, 5.41) is 3.72. The molecule has 1 N–H and O–H groups in total. The van der Waals surface area contributed by atoms with Gasteiger partial charge in [0, 0.05) is 17.6 Å². The highest BCUT2D eigenvalue weighted by Crippen LogP contribution is 2.24. The van der Waals surface area contributed by atoms with Crippen LogP contribution in [-0.4, -0.2) is 20.7 Å². The lowest BCUT2D eigenvalue weighted by Crippen LogP contribution is -2.32. The molecule has 0 saturated heterocycles. The lowest BCUT2D eigenvalue weighted by molar-refractivity contribution is -0.120. The number of thioether (sulfide) groups is 1. The van der Waals surface area contributed by atoms with Gasteiger partial charge in [0.05, 0.1) is 16.2 Å². The first-order valence-electron chi connectivity index (χ1n) is 9.53. The summed E-state index contributed by atoms with van der Waals surface area (Å²) in [6.07, 6.45) is 0. The Hall–Kier alpha value is -2.12. The summed E-state index contributed by atoms with van der Waals surface area (Å²) in [5.41, 5.74) is 1.60. The van der Waals surface area contributed by atoms with E-state index in [0.717, 1.165) is 10.0 Å². The predicted molar refractivity (Wildman–Crippen MR) is 122 cm³/mol. The van der Waals surface area contributed by atoms with Crippen molar-refractivity contribution in [3.63, 3.8) is 0 Å². The van der Waals surface area contributed by atoms with Crippen LogP contribution in [0.3, 0.4) is 0 Å². The summed E-state index contributed by atoms with van der Waals surface area (Å²) in [7, 11) is 0. The van der Waals surface area contributed by atoms with Crippen molar-refractivity contribution in [1.29, 1.82) is 0 Å². The van der Waals surface area contributed by atoms with Crippen LogP contribution < -0.4 is 10.9 Å². The van der Waals surface area contributed by atoms with Gasteiger partial charge in [-0.2, -0.15) is 0 Å². The molecule has 3 rings (SSSR count). The van der Waals surface area contributed by atoms with Crippen LogP contribution in [0.2, 0.25) is 0 Å². The quantitative estimate of drug-likeness (QED) is 0.401. The predicted octanol–water partition coefficient (Wildman–Crippen LogP) is 4.61. The van der Waals surface area contributed by atoms with Crippen LogP contribution in [0.25, 0.3) is 10.9 Å². The van der Waals surface area contributed by atoms with Crippen LogP contribution in [0.1, 0.15) is 26.3 Å². The highest BCUT2D eigenvalue weighted by Gasteiger charge is 2.20. The average molecular weight is 474 g/mol. The van der Waals surface area contributed by atoms with Gasteiger partial charge in [-0.3, -0.25) is 14.2 Å². The Bertz CT molecular complexity index is 1070. The van der Waals surface area contributed by atoms with Gasteiger partial charge in [-0.15, -0.1) is 0 Å². The first kappa shape index (κ1) is 21.6. The largest absolute Gasteiger partial charge is 0.351 e. The molecule has 3 aromatic rings. The summed E-state index contributed by atoms with van der Waals surface area (Å²) in [6.45, 7) is 6.98. The number of carbonyl (C=O) groups excluding carboxylic acids is 1. The lowest BCUT2D eigenvalue weighted by atomic mass is 10.2. The maximum absolute atomic E-state index is 13.1. The molecule has 5 nitrogen and oxygen atoms in total. The number of rotatable bonds is 7. The summed E-state index contributed by atoms with van der Waals surface area (Å²) >= 11 is 4.74. The third-order valence-corrected chi connectivity index (χ3v) is 5.97. The molecule has 1 heterocycles. The van der Waals surface area contributed by atoms with Crippen LogP contribution in [0.4, 0.5) is 0 Å². The van der Waals surface area contributed by atoms with Gasteiger partial charge in [0.2, 0.25) is 5.91 Å². The second-order valence-corrected chi connectivity index (χ2v) is 9.55. The SMILES string of the molecule is CC(C)Cn1c(SC(C)C(=O)NCc2ccccc2)nc2ccc(Br)cc2c1=O. The Morgan fingerprint density at radius 3 is 2.59 bits per heavy atom. The number of aromatic nitrogens is 2. The number of hydrogen-bond acceptors (Lipinski definition) is 4. The molecule has 0 aliphatic carbocycles. The van der Waals surface area contributed by atoms with E-state index in [1.54, 1.807) is 10.6 Å². The molecule has 1 atom stereocenters. The molecule has 0 saturated carbocycles. The number of fused-ring (bicyclic) bond motifs is 1. The minimum Gasteiger partial charge on any atom is -0.351 e. The van der Waals surface area contributed by atoms with E-state index in [-0.39, 0.29) is 22.6 Å². The second kappa shape index (κ2) is 9.59. The van der Waals surface area contributed by atoms with E-state index in [0.29, 0.717) is 29.1 Å². The molecule has 1 amide bonds. The molecule has 29 heavy (non-hydrogen) atoms. The molecule has 0 aliphatic heterocycles. The molecule has 2 aromatic carbocycles. The number of benzene rings is 2.